The topological polar surface area (TPSA) is 29.5 Å². The summed E-state index contributed by atoms with van der Waals surface area (Å²) in [6.45, 7) is 3.12. The van der Waals surface area contributed by atoms with E-state index in [9.17, 15) is 4.79 Å². The summed E-state index contributed by atoms with van der Waals surface area (Å²) in [4.78, 5) is 14.5. The van der Waals surface area contributed by atoms with Gasteiger partial charge in [0.1, 0.15) is 0 Å². The predicted molar refractivity (Wildman–Crippen MR) is 76.2 cm³/mol. The molecule has 0 radical (unpaired) electrons. The average Bonchev–Trinajstić information content (AvgIpc) is 2.43. The van der Waals surface area contributed by atoms with Crippen molar-refractivity contribution in [1.29, 1.82) is 0 Å². The van der Waals surface area contributed by atoms with Gasteiger partial charge < -0.3 is 9.64 Å². The zero-order valence-electron chi connectivity index (χ0n) is 12.1. The maximum absolute atomic E-state index is 12.2. The molecule has 2 atom stereocenters. The molecule has 3 heteroatoms. The molecule has 0 aromatic heterocycles. The fourth-order valence-corrected chi connectivity index (χ4v) is 2.94. The smallest absolute Gasteiger partial charge is 0.314 e. The van der Waals surface area contributed by atoms with E-state index >= 15 is 0 Å². The van der Waals surface area contributed by atoms with Crippen LogP contribution >= 0.6 is 0 Å². The number of piperidine rings is 1. The standard InChI is InChI=1S/C16H23NO2/c1-12-7-9-13(10-8-12)15(16(18)19-3)14-6-4-5-11-17(14)2/h7-10,14-15H,4-6,11H2,1-3H3/t14-,15-/m0/s1. The molecule has 0 spiro atoms. The molecule has 3 nitrogen and oxygen atoms in total. The van der Waals surface area contributed by atoms with Crippen molar-refractivity contribution in [2.45, 2.75) is 38.1 Å². The summed E-state index contributed by atoms with van der Waals surface area (Å²) < 4.78 is 5.03. The zero-order chi connectivity index (χ0) is 13.8. The summed E-state index contributed by atoms with van der Waals surface area (Å²) in [6.07, 6.45) is 3.47. The Balaban J connectivity index is 2.29. The van der Waals surface area contributed by atoms with Gasteiger partial charge in [-0.3, -0.25) is 4.79 Å². The number of nitrogens with zero attached hydrogens (tertiary/aromatic N) is 1. The van der Waals surface area contributed by atoms with Crippen LogP contribution in [0.5, 0.6) is 0 Å². The monoisotopic (exact) mass is 261 g/mol. The van der Waals surface area contributed by atoms with Gasteiger partial charge in [0.15, 0.2) is 0 Å². The summed E-state index contributed by atoms with van der Waals surface area (Å²) in [5.41, 5.74) is 2.28. The summed E-state index contributed by atoms with van der Waals surface area (Å²) >= 11 is 0. The molecule has 1 saturated heterocycles. The number of aryl methyl sites for hydroxylation is 1. The molecule has 0 amide bonds. The zero-order valence-corrected chi connectivity index (χ0v) is 12.1. The van der Waals surface area contributed by atoms with Gasteiger partial charge in [0.2, 0.25) is 0 Å². The van der Waals surface area contributed by atoms with E-state index in [0.29, 0.717) is 0 Å². The van der Waals surface area contributed by atoms with E-state index < -0.39 is 0 Å². The predicted octanol–water partition coefficient (Wildman–Crippen LogP) is 2.74. The summed E-state index contributed by atoms with van der Waals surface area (Å²) in [7, 11) is 3.58. The molecule has 1 fully saturated rings. The van der Waals surface area contributed by atoms with Crippen molar-refractivity contribution in [2.24, 2.45) is 0 Å². The Morgan fingerprint density at radius 3 is 2.58 bits per heavy atom. The lowest BCUT2D eigenvalue weighted by atomic mass is 9.85. The molecule has 0 aliphatic carbocycles. The molecule has 0 saturated carbocycles. The van der Waals surface area contributed by atoms with Crippen molar-refractivity contribution in [3.63, 3.8) is 0 Å². The van der Waals surface area contributed by atoms with Crippen molar-refractivity contribution in [1.82, 2.24) is 4.90 Å². The summed E-state index contributed by atoms with van der Waals surface area (Å²) in [6, 6.07) is 8.49. The number of benzene rings is 1. The van der Waals surface area contributed by atoms with Crippen LogP contribution in [0.2, 0.25) is 0 Å². The number of esters is 1. The average molecular weight is 261 g/mol. The second-order valence-electron chi connectivity index (χ2n) is 5.46. The van der Waals surface area contributed by atoms with E-state index in [4.69, 9.17) is 4.74 Å². The molecule has 1 heterocycles. The largest absolute Gasteiger partial charge is 0.469 e. The van der Waals surface area contributed by atoms with Gasteiger partial charge in [-0.2, -0.15) is 0 Å². The van der Waals surface area contributed by atoms with Crippen LogP contribution < -0.4 is 0 Å². The lowest BCUT2D eigenvalue weighted by molar-refractivity contribution is -0.144. The van der Waals surface area contributed by atoms with E-state index in [0.717, 1.165) is 18.5 Å². The molecule has 1 aromatic rings. The van der Waals surface area contributed by atoms with Crippen molar-refractivity contribution >= 4 is 5.97 Å². The number of ether oxygens (including phenoxy) is 1. The molecule has 1 aliphatic heterocycles. The summed E-state index contributed by atoms with van der Waals surface area (Å²) in [5.74, 6) is -0.293. The van der Waals surface area contributed by atoms with Gasteiger partial charge in [-0.25, -0.2) is 0 Å². The third kappa shape index (κ3) is 3.16. The number of carbonyl (C=O) groups is 1. The molecular formula is C16H23NO2. The molecule has 104 valence electrons. The fourth-order valence-electron chi connectivity index (χ4n) is 2.94. The van der Waals surface area contributed by atoms with Crippen molar-refractivity contribution in [2.75, 3.05) is 20.7 Å². The van der Waals surface area contributed by atoms with Crippen LogP contribution in [0.3, 0.4) is 0 Å². The quantitative estimate of drug-likeness (QED) is 0.784. The highest BCUT2D eigenvalue weighted by molar-refractivity contribution is 5.79. The Bertz CT molecular complexity index is 427. The van der Waals surface area contributed by atoms with E-state index in [1.807, 2.05) is 0 Å². The summed E-state index contributed by atoms with van der Waals surface area (Å²) in [5, 5.41) is 0. The second-order valence-corrected chi connectivity index (χ2v) is 5.46. The Morgan fingerprint density at radius 2 is 2.00 bits per heavy atom. The van der Waals surface area contributed by atoms with E-state index in [1.165, 1.54) is 25.5 Å². The number of rotatable bonds is 3. The van der Waals surface area contributed by atoms with Crippen LogP contribution in [0.1, 0.15) is 36.3 Å². The molecule has 2 rings (SSSR count). The molecular weight excluding hydrogens is 238 g/mol. The first kappa shape index (κ1) is 14.1. The minimum Gasteiger partial charge on any atom is -0.469 e. The Kier molecular flexibility index (Phi) is 4.59. The molecule has 1 aromatic carbocycles. The molecule has 0 unspecified atom stereocenters. The van der Waals surface area contributed by atoms with Crippen molar-refractivity contribution < 1.29 is 9.53 Å². The number of hydrogen-bond donors (Lipinski definition) is 0. The third-order valence-electron chi connectivity index (χ3n) is 4.10. The van der Waals surface area contributed by atoms with Gasteiger partial charge in [-0.1, -0.05) is 36.2 Å². The Hall–Kier alpha value is -1.35. The molecule has 0 N–H and O–H groups in total. The number of hydrogen-bond acceptors (Lipinski definition) is 3. The minimum absolute atomic E-state index is 0.123. The van der Waals surface area contributed by atoms with Gasteiger partial charge in [-0.05, 0) is 38.9 Å². The van der Waals surface area contributed by atoms with Crippen LogP contribution in [0.15, 0.2) is 24.3 Å². The van der Waals surface area contributed by atoms with Crippen molar-refractivity contribution in [3.05, 3.63) is 35.4 Å². The second kappa shape index (κ2) is 6.20. The van der Waals surface area contributed by atoms with Crippen LogP contribution in [0, 0.1) is 6.92 Å². The van der Waals surface area contributed by atoms with Crippen molar-refractivity contribution in [3.8, 4) is 0 Å². The Labute approximate surface area is 115 Å². The van der Waals surface area contributed by atoms with Crippen LogP contribution in [0.4, 0.5) is 0 Å². The van der Waals surface area contributed by atoms with E-state index in [2.05, 4.69) is 43.1 Å². The SMILES string of the molecule is COC(=O)[C@@H](c1ccc(C)cc1)[C@@H]1CCCCN1C. The number of likely N-dealkylation sites (tertiary alicyclic amines) is 1. The number of likely N-dealkylation sites (N-methyl/N-ethyl adjacent to an activating group) is 1. The van der Waals surface area contributed by atoms with Gasteiger partial charge in [0.25, 0.3) is 0 Å². The van der Waals surface area contributed by atoms with Crippen LogP contribution in [-0.4, -0.2) is 37.6 Å². The van der Waals surface area contributed by atoms with Gasteiger partial charge in [0, 0.05) is 6.04 Å². The highest BCUT2D eigenvalue weighted by Crippen LogP contribution is 2.30. The fraction of sp³-hybridized carbons (Fsp3) is 0.562. The molecule has 0 bridgehead atoms. The first-order valence-electron chi connectivity index (χ1n) is 6.98. The van der Waals surface area contributed by atoms with E-state index in [1.54, 1.807) is 0 Å². The van der Waals surface area contributed by atoms with Crippen LogP contribution in [0.25, 0.3) is 0 Å². The molecule has 1 aliphatic rings. The van der Waals surface area contributed by atoms with Gasteiger partial charge in [0.05, 0.1) is 13.0 Å². The highest BCUT2D eigenvalue weighted by atomic mass is 16.5. The first-order chi connectivity index (χ1) is 9.13. The minimum atomic E-state index is -0.170. The Morgan fingerprint density at radius 1 is 1.32 bits per heavy atom. The lowest BCUT2D eigenvalue weighted by Crippen LogP contribution is -2.43. The number of methoxy groups -OCH3 is 1. The number of carbonyl (C=O) groups excluding carboxylic acids is 1. The van der Waals surface area contributed by atoms with E-state index in [-0.39, 0.29) is 17.9 Å². The molecule has 19 heavy (non-hydrogen) atoms. The van der Waals surface area contributed by atoms with Crippen LogP contribution in [-0.2, 0) is 9.53 Å². The maximum atomic E-state index is 12.2. The first-order valence-corrected chi connectivity index (χ1v) is 6.98. The van der Waals surface area contributed by atoms with Gasteiger partial charge >= 0.3 is 5.97 Å². The normalized spacial score (nSPS) is 21.9. The van der Waals surface area contributed by atoms with Gasteiger partial charge in [-0.15, -0.1) is 0 Å². The highest BCUT2D eigenvalue weighted by Gasteiger charge is 2.34. The maximum Gasteiger partial charge on any atom is 0.314 e. The lowest BCUT2D eigenvalue weighted by Gasteiger charge is -2.37. The third-order valence-corrected chi connectivity index (χ3v) is 4.10.